The zero-order chi connectivity index (χ0) is 12.3. The summed E-state index contributed by atoms with van der Waals surface area (Å²) in [6.45, 7) is 4.46. The molecule has 1 saturated carbocycles. The molecule has 1 aromatic heterocycles. The van der Waals surface area contributed by atoms with Gasteiger partial charge in [-0.05, 0) is 25.3 Å². The molecule has 0 saturated heterocycles. The summed E-state index contributed by atoms with van der Waals surface area (Å²) >= 11 is 0. The van der Waals surface area contributed by atoms with Crippen LogP contribution in [0.5, 0.6) is 0 Å². The fourth-order valence-electron chi connectivity index (χ4n) is 2.24. The standard InChI is InChI=1S/C12H22N4O/c1-9(8-17-2)7-16-12(10-3-4-10)11(5-6-13)14-15-16/h9-10H,3-8,13H2,1-2H3. The Morgan fingerprint density at radius 3 is 2.88 bits per heavy atom. The van der Waals surface area contributed by atoms with Crippen molar-refractivity contribution in [3.05, 3.63) is 11.4 Å². The second kappa shape index (κ2) is 5.60. The number of hydrogen-bond acceptors (Lipinski definition) is 4. The molecule has 1 unspecified atom stereocenters. The van der Waals surface area contributed by atoms with Crippen molar-refractivity contribution in [1.29, 1.82) is 0 Å². The Labute approximate surface area is 102 Å². The van der Waals surface area contributed by atoms with Gasteiger partial charge in [-0.2, -0.15) is 0 Å². The van der Waals surface area contributed by atoms with E-state index in [9.17, 15) is 0 Å². The molecule has 17 heavy (non-hydrogen) atoms. The van der Waals surface area contributed by atoms with Crippen molar-refractivity contribution < 1.29 is 4.74 Å². The van der Waals surface area contributed by atoms with Crippen LogP contribution in [0.2, 0.25) is 0 Å². The fraction of sp³-hybridized carbons (Fsp3) is 0.833. The van der Waals surface area contributed by atoms with Crippen LogP contribution in [0.25, 0.3) is 0 Å². The first kappa shape index (κ1) is 12.5. The van der Waals surface area contributed by atoms with E-state index in [1.54, 1.807) is 7.11 Å². The first-order chi connectivity index (χ1) is 8.26. The number of rotatable bonds is 7. The number of nitrogens with two attached hydrogens (primary N) is 1. The predicted molar refractivity (Wildman–Crippen MR) is 65.8 cm³/mol. The van der Waals surface area contributed by atoms with Crippen molar-refractivity contribution >= 4 is 0 Å². The molecule has 5 nitrogen and oxygen atoms in total. The topological polar surface area (TPSA) is 66.0 Å². The Hall–Kier alpha value is -0.940. The molecule has 1 atom stereocenters. The van der Waals surface area contributed by atoms with Gasteiger partial charge in [-0.15, -0.1) is 5.10 Å². The van der Waals surface area contributed by atoms with Crippen LogP contribution in [0.15, 0.2) is 0 Å². The maximum absolute atomic E-state index is 5.61. The highest BCUT2D eigenvalue weighted by molar-refractivity contribution is 5.20. The molecule has 1 heterocycles. The molecule has 0 aromatic carbocycles. The van der Waals surface area contributed by atoms with Crippen LogP contribution < -0.4 is 5.73 Å². The molecule has 2 rings (SSSR count). The highest BCUT2D eigenvalue weighted by Gasteiger charge is 2.31. The van der Waals surface area contributed by atoms with Crippen LogP contribution in [0.3, 0.4) is 0 Å². The van der Waals surface area contributed by atoms with E-state index in [0.29, 0.717) is 18.4 Å². The molecule has 0 amide bonds. The number of nitrogens with zero attached hydrogens (tertiary/aromatic N) is 3. The minimum Gasteiger partial charge on any atom is -0.384 e. The zero-order valence-electron chi connectivity index (χ0n) is 10.7. The summed E-state index contributed by atoms with van der Waals surface area (Å²) in [5, 5.41) is 8.55. The van der Waals surface area contributed by atoms with Gasteiger partial charge in [0.15, 0.2) is 0 Å². The van der Waals surface area contributed by atoms with E-state index in [1.807, 2.05) is 0 Å². The molecule has 0 bridgehead atoms. The monoisotopic (exact) mass is 238 g/mol. The Kier molecular flexibility index (Phi) is 4.12. The van der Waals surface area contributed by atoms with Gasteiger partial charge in [-0.1, -0.05) is 12.1 Å². The lowest BCUT2D eigenvalue weighted by molar-refractivity contribution is 0.148. The van der Waals surface area contributed by atoms with E-state index in [4.69, 9.17) is 10.5 Å². The first-order valence-corrected chi connectivity index (χ1v) is 6.37. The lowest BCUT2D eigenvalue weighted by Crippen LogP contribution is -2.16. The van der Waals surface area contributed by atoms with Gasteiger partial charge in [0.1, 0.15) is 0 Å². The SMILES string of the molecule is COCC(C)Cn1nnc(CCN)c1C1CC1. The number of hydrogen-bond donors (Lipinski definition) is 1. The summed E-state index contributed by atoms with van der Waals surface area (Å²) in [6.07, 6.45) is 3.37. The molecule has 0 radical (unpaired) electrons. The van der Waals surface area contributed by atoms with E-state index in [2.05, 4.69) is 21.9 Å². The Morgan fingerprint density at radius 1 is 1.53 bits per heavy atom. The predicted octanol–water partition coefficient (Wildman–Crippen LogP) is 0.939. The van der Waals surface area contributed by atoms with Crippen molar-refractivity contribution in [3.63, 3.8) is 0 Å². The minimum absolute atomic E-state index is 0.463. The van der Waals surface area contributed by atoms with E-state index >= 15 is 0 Å². The molecule has 2 N–H and O–H groups in total. The maximum atomic E-state index is 5.61. The summed E-state index contributed by atoms with van der Waals surface area (Å²) < 4.78 is 7.23. The van der Waals surface area contributed by atoms with Crippen molar-refractivity contribution in [2.45, 2.75) is 38.6 Å². The Bertz CT molecular complexity index is 359. The molecular formula is C12H22N4O. The average molecular weight is 238 g/mol. The summed E-state index contributed by atoms with van der Waals surface area (Å²) in [5.74, 6) is 1.13. The number of methoxy groups -OCH3 is 1. The molecular weight excluding hydrogens is 216 g/mol. The summed E-state index contributed by atoms with van der Waals surface area (Å²) in [6, 6.07) is 0. The Morgan fingerprint density at radius 2 is 2.29 bits per heavy atom. The van der Waals surface area contributed by atoms with Crippen molar-refractivity contribution in [2.75, 3.05) is 20.3 Å². The smallest absolute Gasteiger partial charge is 0.0874 e. The molecule has 0 aliphatic heterocycles. The van der Waals surface area contributed by atoms with Crippen molar-refractivity contribution in [2.24, 2.45) is 11.7 Å². The summed E-state index contributed by atoms with van der Waals surface area (Å²) in [5.41, 5.74) is 8.03. The molecule has 0 spiro atoms. The molecule has 1 fully saturated rings. The zero-order valence-corrected chi connectivity index (χ0v) is 10.7. The van der Waals surface area contributed by atoms with Crippen LogP contribution in [-0.4, -0.2) is 35.3 Å². The third kappa shape index (κ3) is 3.04. The third-order valence-corrected chi connectivity index (χ3v) is 3.13. The van der Waals surface area contributed by atoms with Gasteiger partial charge in [-0.25, -0.2) is 4.68 Å². The molecule has 1 aliphatic rings. The lowest BCUT2D eigenvalue weighted by Gasteiger charge is -2.12. The molecule has 96 valence electrons. The first-order valence-electron chi connectivity index (χ1n) is 6.37. The number of ether oxygens (including phenoxy) is 1. The highest BCUT2D eigenvalue weighted by Crippen LogP contribution is 2.41. The van der Waals surface area contributed by atoms with Gasteiger partial charge in [0.05, 0.1) is 18.0 Å². The second-order valence-electron chi connectivity index (χ2n) is 4.98. The van der Waals surface area contributed by atoms with Crippen LogP contribution in [-0.2, 0) is 17.7 Å². The van der Waals surface area contributed by atoms with Crippen LogP contribution in [0.1, 0.15) is 37.1 Å². The van der Waals surface area contributed by atoms with Crippen LogP contribution >= 0.6 is 0 Å². The maximum Gasteiger partial charge on any atom is 0.0874 e. The molecule has 5 heteroatoms. The Balaban J connectivity index is 2.10. The second-order valence-corrected chi connectivity index (χ2v) is 4.98. The quantitative estimate of drug-likeness (QED) is 0.767. The van der Waals surface area contributed by atoms with E-state index in [-0.39, 0.29) is 0 Å². The van der Waals surface area contributed by atoms with E-state index < -0.39 is 0 Å². The average Bonchev–Trinajstić information content (AvgIpc) is 3.05. The van der Waals surface area contributed by atoms with Crippen molar-refractivity contribution in [3.8, 4) is 0 Å². The molecule has 1 aromatic rings. The fourth-order valence-corrected chi connectivity index (χ4v) is 2.24. The highest BCUT2D eigenvalue weighted by atomic mass is 16.5. The number of aromatic nitrogens is 3. The van der Waals surface area contributed by atoms with Gasteiger partial charge < -0.3 is 10.5 Å². The summed E-state index contributed by atoms with van der Waals surface area (Å²) in [7, 11) is 1.74. The van der Waals surface area contributed by atoms with E-state index in [1.165, 1.54) is 18.5 Å². The summed E-state index contributed by atoms with van der Waals surface area (Å²) in [4.78, 5) is 0. The minimum atomic E-state index is 0.463. The van der Waals surface area contributed by atoms with Gasteiger partial charge in [-0.3, -0.25) is 0 Å². The van der Waals surface area contributed by atoms with Crippen LogP contribution in [0, 0.1) is 5.92 Å². The lowest BCUT2D eigenvalue weighted by atomic mass is 10.1. The van der Waals surface area contributed by atoms with Crippen LogP contribution in [0.4, 0.5) is 0 Å². The van der Waals surface area contributed by atoms with Gasteiger partial charge >= 0.3 is 0 Å². The van der Waals surface area contributed by atoms with Gasteiger partial charge in [0, 0.05) is 26.0 Å². The largest absolute Gasteiger partial charge is 0.384 e. The molecule has 1 aliphatic carbocycles. The van der Waals surface area contributed by atoms with E-state index in [0.717, 1.165) is 25.3 Å². The normalized spacial score (nSPS) is 17.4. The van der Waals surface area contributed by atoms with Gasteiger partial charge in [0.25, 0.3) is 0 Å². The van der Waals surface area contributed by atoms with Gasteiger partial charge in [0.2, 0.25) is 0 Å². The van der Waals surface area contributed by atoms with Crippen molar-refractivity contribution in [1.82, 2.24) is 15.0 Å². The third-order valence-electron chi connectivity index (χ3n) is 3.13.